The monoisotopic (exact) mass is 449 g/mol. The Hall–Kier alpha value is -2.57. The summed E-state index contributed by atoms with van der Waals surface area (Å²) in [6.45, 7) is 6.32. The average Bonchev–Trinajstić information content (AvgIpc) is 3.48. The standard InChI is InChI=1S/C24H27N5O2S/c25-8-9-29-21(16-28-12-10-27(11-13-28)15-19-7-4-14-31-19)26-23-22(24(29)30)20(17-32-23)18-5-2-1-3-6-18/h1-3,5-6,17,19H,4,7,9-16H2. The Labute approximate surface area is 191 Å². The van der Waals surface area contributed by atoms with Gasteiger partial charge in [-0.05, 0) is 18.4 Å². The summed E-state index contributed by atoms with van der Waals surface area (Å²) in [5, 5.41) is 12.0. The molecule has 2 fully saturated rings. The van der Waals surface area contributed by atoms with Crippen molar-refractivity contribution in [1.29, 1.82) is 5.26 Å². The third-order valence-electron chi connectivity index (χ3n) is 6.40. The number of nitrogens with zero attached hydrogens (tertiary/aromatic N) is 5. The molecular weight excluding hydrogens is 422 g/mol. The largest absolute Gasteiger partial charge is 0.377 e. The van der Waals surface area contributed by atoms with Gasteiger partial charge in [-0.3, -0.25) is 19.2 Å². The van der Waals surface area contributed by atoms with Gasteiger partial charge in [0.2, 0.25) is 0 Å². The maximum atomic E-state index is 13.4. The van der Waals surface area contributed by atoms with Gasteiger partial charge in [-0.1, -0.05) is 30.3 Å². The van der Waals surface area contributed by atoms with E-state index in [0.717, 1.165) is 61.7 Å². The van der Waals surface area contributed by atoms with Crippen molar-refractivity contribution in [2.24, 2.45) is 0 Å². The number of nitriles is 1. The second kappa shape index (κ2) is 9.51. The van der Waals surface area contributed by atoms with Crippen LogP contribution in [0, 0.1) is 11.3 Å². The van der Waals surface area contributed by atoms with E-state index in [2.05, 4.69) is 15.9 Å². The van der Waals surface area contributed by atoms with Crippen molar-refractivity contribution in [2.45, 2.75) is 32.0 Å². The molecule has 5 rings (SSSR count). The highest BCUT2D eigenvalue weighted by Crippen LogP contribution is 2.31. The van der Waals surface area contributed by atoms with Crippen molar-refractivity contribution in [3.8, 4) is 17.2 Å². The van der Waals surface area contributed by atoms with Crippen molar-refractivity contribution in [3.63, 3.8) is 0 Å². The number of benzene rings is 1. The van der Waals surface area contributed by atoms with E-state index in [9.17, 15) is 10.1 Å². The normalized spacial score (nSPS) is 20.0. The fourth-order valence-corrected chi connectivity index (χ4v) is 5.61. The van der Waals surface area contributed by atoms with Crippen LogP contribution in [-0.2, 0) is 17.8 Å². The van der Waals surface area contributed by atoms with Crippen LogP contribution in [0.25, 0.3) is 21.3 Å². The maximum Gasteiger partial charge on any atom is 0.263 e. The molecule has 4 heterocycles. The second-order valence-corrected chi connectivity index (χ2v) is 9.34. The van der Waals surface area contributed by atoms with Gasteiger partial charge in [0.25, 0.3) is 5.56 Å². The molecule has 0 spiro atoms. The number of fused-ring (bicyclic) bond motifs is 1. The number of hydrogen-bond donors (Lipinski definition) is 0. The van der Waals surface area contributed by atoms with Gasteiger partial charge in [0.05, 0.1) is 24.1 Å². The average molecular weight is 450 g/mol. The van der Waals surface area contributed by atoms with Gasteiger partial charge < -0.3 is 4.74 Å². The third-order valence-corrected chi connectivity index (χ3v) is 7.27. The molecule has 32 heavy (non-hydrogen) atoms. The third kappa shape index (κ3) is 4.34. The Bertz CT molecular complexity index is 1170. The van der Waals surface area contributed by atoms with Crippen molar-refractivity contribution < 1.29 is 4.74 Å². The highest BCUT2D eigenvalue weighted by atomic mass is 32.1. The Morgan fingerprint density at radius 3 is 2.66 bits per heavy atom. The van der Waals surface area contributed by atoms with Gasteiger partial charge in [-0.2, -0.15) is 5.26 Å². The van der Waals surface area contributed by atoms with Crippen LogP contribution in [0.2, 0.25) is 0 Å². The van der Waals surface area contributed by atoms with E-state index in [1.807, 2.05) is 35.7 Å². The summed E-state index contributed by atoms with van der Waals surface area (Å²) in [5.74, 6) is 0.679. The van der Waals surface area contributed by atoms with E-state index in [4.69, 9.17) is 9.72 Å². The lowest BCUT2D eigenvalue weighted by molar-refractivity contribution is 0.0482. The zero-order chi connectivity index (χ0) is 21.9. The van der Waals surface area contributed by atoms with Crippen LogP contribution < -0.4 is 5.56 Å². The molecule has 166 valence electrons. The van der Waals surface area contributed by atoms with Crippen LogP contribution in [-0.4, -0.2) is 64.8 Å². The summed E-state index contributed by atoms with van der Waals surface area (Å²) in [7, 11) is 0. The fourth-order valence-electron chi connectivity index (χ4n) is 4.66. The van der Waals surface area contributed by atoms with Gasteiger partial charge >= 0.3 is 0 Å². The quantitative estimate of drug-likeness (QED) is 0.576. The van der Waals surface area contributed by atoms with Gasteiger partial charge in [0.15, 0.2) is 0 Å². The molecule has 0 amide bonds. The van der Waals surface area contributed by atoms with E-state index in [-0.39, 0.29) is 12.1 Å². The zero-order valence-corrected chi connectivity index (χ0v) is 18.9. The highest BCUT2D eigenvalue weighted by molar-refractivity contribution is 7.17. The van der Waals surface area contributed by atoms with Gasteiger partial charge in [0.1, 0.15) is 17.2 Å². The van der Waals surface area contributed by atoms with Crippen molar-refractivity contribution >= 4 is 21.6 Å². The zero-order valence-electron chi connectivity index (χ0n) is 18.1. The first-order valence-electron chi connectivity index (χ1n) is 11.2. The van der Waals surface area contributed by atoms with Crippen molar-refractivity contribution in [3.05, 3.63) is 51.9 Å². The van der Waals surface area contributed by atoms with Crippen molar-refractivity contribution in [1.82, 2.24) is 19.4 Å². The van der Waals surface area contributed by atoms with Crippen LogP contribution in [0.15, 0.2) is 40.5 Å². The SMILES string of the molecule is N#CCn1c(CN2CCN(CC3CCCO3)CC2)nc2scc(-c3ccccc3)c2c1=O. The number of hydrogen-bond acceptors (Lipinski definition) is 7. The number of ether oxygens (including phenoxy) is 1. The molecule has 0 radical (unpaired) electrons. The first-order chi connectivity index (χ1) is 15.7. The topological polar surface area (TPSA) is 74.4 Å². The van der Waals surface area contributed by atoms with Crippen LogP contribution in [0.1, 0.15) is 18.7 Å². The Morgan fingerprint density at radius 1 is 1.16 bits per heavy atom. The van der Waals surface area contributed by atoms with Crippen LogP contribution >= 0.6 is 11.3 Å². The molecule has 0 saturated carbocycles. The molecule has 0 aliphatic carbocycles. The minimum Gasteiger partial charge on any atom is -0.377 e. The smallest absolute Gasteiger partial charge is 0.263 e. The second-order valence-electron chi connectivity index (χ2n) is 8.48. The lowest BCUT2D eigenvalue weighted by Gasteiger charge is -2.35. The van der Waals surface area contributed by atoms with Gasteiger partial charge in [-0.25, -0.2) is 4.98 Å². The lowest BCUT2D eigenvalue weighted by atomic mass is 10.1. The molecule has 1 atom stereocenters. The highest BCUT2D eigenvalue weighted by Gasteiger charge is 2.24. The minimum absolute atomic E-state index is 0.0141. The number of rotatable bonds is 6. The molecule has 1 unspecified atom stereocenters. The Kier molecular flexibility index (Phi) is 6.32. The van der Waals surface area contributed by atoms with Gasteiger partial charge in [0, 0.05) is 50.3 Å². The van der Waals surface area contributed by atoms with E-state index < -0.39 is 0 Å². The van der Waals surface area contributed by atoms with E-state index in [0.29, 0.717) is 23.9 Å². The molecule has 3 aromatic rings. The van der Waals surface area contributed by atoms with E-state index in [1.165, 1.54) is 17.8 Å². The number of thiophene rings is 1. The molecule has 0 N–H and O–H groups in total. The first kappa shape index (κ1) is 21.3. The van der Waals surface area contributed by atoms with Crippen LogP contribution in [0.3, 0.4) is 0 Å². The van der Waals surface area contributed by atoms with Crippen LogP contribution in [0.5, 0.6) is 0 Å². The molecule has 0 bridgehead atoms. The molecule has 8 heteroatoms. The summed E-state index contributed by atoms with van der Waals surface area (Å²) in [6.07, 6.45) is 2.71. The molecule has 2 aliphatic heterocycles. The fraction of sp³-hybridized carbons (Fsp3) is 0.458. The number of piperazine rings is 1. The van der Waals surface area contributed by atoms with Crippen molar-refractivity contribution in [2.75, 3.05) is 39.3 Å². The molecule has 7 nitrogen and oxygen atoms in total. The van der Waals surface area contributed by atoms with E-state index >= 15 is 0 Å². The number of aromatic nitrogens is 2. The summed E-state index contributed by atoms with van der Waals surface area (Å²) < 4.78 is 7.33. The predicted octanol–water partition coefficient (Wildman–Crippen LogP) is 2.95. The molecular formula is C24H27N5O2S. The van der Waals surface area contributed by atoms with E-state index in [1.54, 1.807) is 4.57 Å². The summed E-state index contributed by atoms with van der Waals surface area (Å²) >= 11 is 1.50. The summed E-state index contributed by atoms with van der Waals surface area (Å²) in [5.41, 5.74) is 1.77. The first-order valence-corrected chi connectivity index (χ1v) is 12.1. The molecule has 2 aliphatic rings. The predicted molar refractivity (Wildman–Crippen MR) is 126 cm³/mol. The lowest BCUT2D eigenvalue weighted by Crippen LogP contribution is -2.48. The summed E-state index contributed by atoms with van der Waals surface area (Å²) in [6, 6.07) is 12.0. The Balaban J connectivity index is 1.37. The van der Waals surface area contributed by atoms with Crippen LogP contribution in [0.4, 0.5) is 0 Å². The summed E-state index contributed by atoms with van der Waals surface area (Å²) in [4.78, 5) is 23.8. The minimum atomic E-state index is -0.122. The van der Waals surface area contributed by atoms with Gasteiger partial charge in [-0.15, -0.1) is 11.3 Å². The Morgan fingerprint density at radius 2 is 1.94 bits per heavy atom. The molecule has 2 saturated heterocycles. The molecule has 2 aromatic heterocycles. The molecule has 1 aromatic carbocycles. The maximum absolute atomic E-state index is 13.4.